The number of carbonyl (C=O) groups excluding carboxylic acids is 1. The fraction of sp³-hybridized carbons (Fsp3) is 0.0833. The van der Waals surface area contributed by atoms with Gasteiger partial charge in [-0.25, -0.2) is 4.39 Å². The quantitative estimate of drug-likeness (QED) is 0.821. The third-order valence-electron chi connectivity index (χ3n) is 2.25. The van der Waals surface area contributed by atoms with Crippen LogP contribution in [0.1, 0.15) is 10.5 Å². The first-order valence-electron chi connectivity index (χ1n) is 4.81. The van der Waals surface area contributed by atoms with Crippen LogP contribution in [0.2, 0.25) is 0 Å². The van der Waals surface area contributed by atoms with Crippen LogP contribution in [0.5, 0.6) is 0 Å². The molecule has 5 heteroatoms. The average molecular weight is 295 g/mol. The number of benzene rings is 1. The number of fused-ring (bicyclic) bond motifs is 1. The molecule has 0 unspecified atom stereocenters. The van der Waals surface area contributed by atoms with Crippen LogP contribution in [-0.2, 0) is 0 Å². The molecule has 0 saturated carbocycles. The van der Waals surface area contributed by atoms with Crippen molar-refractivity contribution < 1.29 is 9.18 Å². The summed E-state index contributed by atoms with van der Waals surface area (Å²) in [7, 11) is 0. The van der Waals surface area contributed by atoms with Crippen molar-refractivity contribution in [2.75, 3.05) is 6.54 Å². The number of terminal acetylenes is 1. The summed E-state index contributed by atoms with van der Waals surface area (Å²) in [6, 6.07) is 4.51. The lowest BCUT2D eigenvalue weighted by Crippen LogP contribution is -2.23. The zero-order chi connectivity index (χ0) is 12.4. The van der Waals surface area contributed by atoms with Gasteiger partial charge >= 0.3 is 0 Å². The van der Waals surface area contributed by atoms with Crippen LogP contribution in [0.3, 0.4) is 0 Å². The molecule has 2 N–H and O–H groups in total. The maximum atomic E-state index is 13.6. The molecule has 3 nitrogen and oxygen atoms in total. The van der Waals surface area contributed by atoms with E-state index in [2.05, 4.69) is 32.2 Å². The van der Waals surface area contributed by atoms with Crippen molar-refractivity contribution in [2.24, 2.45) is 0 Å². The predicted molar refractivity (Wildman–Crippen MR) is 67.1 cm³/mol. The van der Waals surface area contributed by atoms with Gasteiger partial charge in [-0.3, -0.25) is 4.79 Å². The van der Waals surface area contributed by atoms with Crippen LogP contribution in [0.15, 0.2) is 22.7 Å². The van der Waals surface area contributed by atoms with Gasteiger partial charge in [0.05, 0.1) is 12.1 Å². The third kappa shape index (κ3) is 2.32. The fourth-order valence-electron chi connectivity index (χ4n) is 1.51. The maximum Gasteiger partial charge on any atom is 0.268 e. The van der Waals surface area contributed by atoms with Crippen LogP contribution in [0, 0.1) is 18.2 Å². The molecule has 2 rings (SSSR count). The topological polar surface area (TPSA) is 44.9 Å². The van der Waals surface area contributed by atoms with E-state index in [0.29, 0.717) is 15.4 Å². The predicted octanol–water partition coefficient (Wildman–Crippen LogP) is 2.43. The highest BCUT2D eigenvalue weighted by Crippen LogP contribution is 2.23. The number of aromatic amines is 1. The van der Waals surface area contributed by atoms with E-state index in [1.165, 1.54) is 12.1 Å². The molecule has 0 spiro atoms. The Hall–Kier alpha value is -1.80. The minimum Gasteiger partial charge on any atom is -0.350 e. The van der Waals surface area contributed by atoms with E-state index in [9.17, 15) is 9.18 Å². The van der Waals surface area contributed by atoms with Crippen LogP contribution >= 0.6 is 15.9 Å². The number of rotatable bonds is 2. The Bertz CT molecular complexity index is 627. The van der Waals surface area contributed by atoms with Gasteiger partial charge in [-0.15, -0.1) is 6.42 Å². The molecule has 0 fully saturated rings. The Morgan fingerprint density at radius 1 is 1.53 bits per heavy atom. The number of halogens is 2. The van der Waals surface area contributed by atoms with Gasteiger partial charge in [0.25, 0.3) is 5.91 Å². The summed E-state index contributed by atoms with van der Waals surface area (Å²) in [6.45, 7) is 0.139. The first kappa shape index (κ1) is 11.7. The fourth-order valence-corrected chi connectivity index (χ4v) is 1.94. The second kappa shape index (κ2) is 4.60. The minimum atomic E-state index is -0.387. The lowest BCUT2D eigenvalue weighted by molar-refractivity contribution is 0.0954. The standard InChI is InChI=1S/C12H8BrFN2O/c1-2-3-15-12(17)11-6-8-9(14)4-7(13)5-10(8)16-11/h1,4-6,16H,3H2,(H,15,17). The highest BCUT2D eigenvalue weighted by atomic mass is 79.9. The summed E-state index contributed by atoms with van der Waals surface area (Å²) < 4.78 is 14.2. The number of hydrogen-bond donors (Lipinski definition) is 2. The van der Waals surface area contributed by atoms with Gasteiger partial charge in [0, 0.05) is 9.86 Å². The lowest BCUT2D eigenvalue weighted by Gasteiger charge is -1.96. The zero-order valence-corrected chi connectivity index (χ0v) is 10.3. The first-order chi connectivity index (χ1) is 8.11. The number of nitrogens with one attached hydrogen (secondary N) is 2. The zero-order valence-electron chi connectivity index (χ0n) is 8.68. The Labute approximate surface area is 106 Å². The molecule has 1 amide bonds. The highest BCUT2D eigenvalue weighted by molar-refractivity contribution is 9.10. The Morgan fingerprint density at radius 2 is 2.29 bits per heavy atom. The van der Waals surface area contributed by atoms with Gasteiger partial charge in [0.15, 0.2) is 0 Å². The number of H-pyrrole nitrogens is 1. The first-order valence-corrected chi connectivity index (χ1v) is 5.60. The van der Waals surface area contributed by atoms with Crippen LogP contribution in [0.25, 0.3) is 10.9 Å². The maximum absolute atomic E-state index is 13.6. The Kier molecular flexibility index (Phi) is 3.16. The van der Waals surface area contributed by atoms with Gasteiger partial charge in [0.2, 0.25) is 0 Å². The van der Waals surface area contributed by atoms with Gasteiger partial charge in [-0.05, 0) is 18.2 Å². The molecule has 86 valence electrons. The van der Waals surface area contributed by atoms with Crippen molar-refractivity contribution in [3.63, 3.8) is 0 Å². The second-order valence-electron chi connectivity index (χ2n) is 3.42. The van der Waals surface area contributed by atoms with E-state index < -0.39 is 0 Å². The van der Waals surface area contributed by atoms with Crippen molar-refractivity contribution in [2.45, 2.75) is 0 Å². The number of carbonyl (C=O) groups is 1. The van der Waals surface area contributed by atoms with Gasteiger partial charge in [-0.2, -0.15) is 0 Å². The molecule has 17 heavy (non-hydrogen) atoms. The van der Waals surface area contributed by atoms with E-state index in [-0.39, 0.29) is 24.0 Å². The molecule has 1 heterocycles. The van der Waals surface area contributed by atoms with Crippen LogP contribution in [0.4, 0.5) is 4.39 Å². The molecular formula is C12H8BrFN2O. The van der Waals surface area contributed by atoms with Crippen molar-refractivity contribution in [3.8, 4) is 12.3 Å². The lowest BCUT2D eigenvalue weighted by atomic mass is 10.2. The Morgan fingerprint density at radius 3 is 3.00 bits per heavy atom. The van der Waals surface area contributed by atoms with Crippen molar-refractivity contribution in [1.82, 2.24) is 10.3 Å². The molecule has 0 radical (unpaired) electrons. The smallest absolute Gasteiger partial charge is 0.268 e. The second-order valence-corrected chi connectivity index (χ2v) is 4.33. The highest BCUT2D eigenvalue weighted by Gasteiger charge is 2.11. The molecule has 1 aromatic heterocycles. The summed E-state index contributed by atoms with van der Waals surface area (Å²) in [6.07, 6.45) is 5.03. The van der Waals surface area contributed by atoms with Crippen molar-refractivity contribution in [1.29, 1.82) is 0 Å². The summed E-state index contributed by atoms with van der Waals surface area (Å²) in [5.74, 6) is 1.56. The molecule has 0 atom stereocenters. The summed E-state index contributed by atoms with van der Waals surface area (Å²) in [4.78, 5) is 14.4. The molecule has 0 saturated heterocycles. The average Bonchev–Trinajstić information content (AvgIpc) is 2.69. The van der Waals surface area contributed by atoms with E-state index in [1.54, 1.807) is 6.07 Å². The van der Waals surface area contributed by atoms with E-state index in [0.717, 1.165) is 0 Å². The SMILES string of the molecule is C#CCNC(=O)c1cc2c(F)cc(Br)cc2[nH]1. The van der Waals surface area contributed by atoms with E-state index in [1.807, 2.05) is 0 Å². The molecule has 1 aromatic carbocycles. The summed E-state index contributed by atoms with van der Waals surface area (Å²) in [5.41, 5.74) is 0.843. The normalized spacial score (nSPS) is 10.2. The Balaban J connectivity index is 2.42. The molecule has 0 aliphatic carbocycles. The number of aromatic nitrogens is 1. The van der Waals surface area contributed by atoms with Crippen molar-refractivity contribution >= 4 is 32.7 Å². The summed E-state index contributed by atoms with van der Waals surface area (Å²) in [5, 5.41) is 2.88. The number of amides is 1. The van der Waals surface area contributed by atoms with E-state index in [4.69, 9.17) is 6.42 Å². The van der Waals surface area contributed by atoms with Gasteiger partial charge in [-0.1, -0.05) is 21.9 Å². The van der Waals surface area contributed by atoms with Gasteiger partial charge in [0.1, 0.15) is 11.5 Å². The monoisotopic (exact) mass is 294 g/mol. The van der Waals surface area contributed by atoms with Gasteiger partial charge < -0.3 is 10.3 Å². The minimum absolute atomic E-state index is 0.139. The number of hydrogen-bond acceptors (Lipinski definition) is 1. The van der Waals surface area contributed by atoms with Crippen molar-refractivity contribution in [3.05, 3.63) is 34.2 Å². The molecular weight excluding hydrogens is 287 g/mol. The van der Waals surface area contributed by atoms with Crippen LogP contribution in [-0.4, -0.2) is 17.4 Å². The van der Waals surface area contributed by atoms with E-state index >= 15 is 0 Å². The molecule has 0 aliphatic rings. The molecule has 0 bridgehead atoms. The third-order valence-corrected chi connectivity index (χ3v) is 2.71. The molecule has 2 aromatic rings. The molecule has 0 aliphatic heterocycles. The summed E-state index contributed by atoms with van der Waals surface area (Å²) >= 11 is 3.18. The van der Waals surface area contributed by atoms with Crippen LogP contribution < -0.4 is 5.32 Å². The largest absolute Gasteiger partial charge is 0.350 e.